The Morgan fingerprint density at radius 3 is 2.79 bits per heavy atom. The number of hydrogen-bond acceptors (Lipinski definition) is 5. The number of amides is 1. The quantitative estimate of drug-likeness (QED) is 0.872. The topological polar surface area (TPSA) is 77.2 Å². The average molecular weight is 345 g/mol. The number of benzene rings is 1. The van der Waals surface area contributed by atoms with Crippen LogP contribution in [0.2, 0.25) is 0 Å². The Morgan fingerprint density at radius 2 is 2.12 bits per heavy atom. The Hall–Kier alpha value is -1.76. The molecule has 0 atom stereocenters. The SMILES string of the molecule is Cc1ccccc1C1(CNC(=O)c2csc(CN)n2)CCOCC1. The van der Waals surface area contributed by atoms with Gasteiger partial charge in [-0.05, 0) is 30.9 Å². The number of hydrogen-bond donors (Lipinski definition) is 2. The Balaban J connectivity index is 1.78. The molecule has 5 nitrogen and oxygen atoms in total. The normalized spacial score (nSPS) is 16.8. The maximum Gasteiger partial charge on any atom is 0.270 e. The molecule has 1 aliphatic heterocycles. The molecule has 1 saturated heterocycles. The van der Waals surface area contributed by atoms with E-state index in [1.165, 1.54) is 22.5 Å². The van der Waals surface area contributed by atoms with Gasteiger partial charge in [-0.25, -0.2) is 4.98 Å². The van der Waals surface area contributed by atoms with Crippen LogP contribution in [-0.4, -0.2) is 30.6 Å². The Kier molecular flexibility index (Phi) is 5.28. The second kappa shape index (κ2) is 7.42. The van der Waals surface area contributed by atoms with Gasteiger partial charge >= 0.3 is 0 Å². The number of aryl methyl sites for hydroxylation is 1. The number of thiazole rings is 1. The number of nitrogens with two attached hydrogens (primary N) is 1. The van der Waals surface area contributed by atoms with Crippen LogP contribution in [0.4, 0.5) is 0 Å². The first-order valence-corrected chi connectivity index (χ1v) is 9.09. The Labute approximate surface area is 146 Å². The molecule has 128 valence electrons. The molecule has 3 rings (SSSR count). The van der Waals surface area contributed by atoms with Crippen molar-refractivity contribution >= 4 is 17.2 Å². The summed E-state index contributed by atoms with van der Waals surface area (Å²) in [6, 6.07) is 8.41. The molecule has 1 aromatic carbocycles. The van der Waals surface area contributed by atoms with E-state index >= 15 is 0 Å². The van der Waals surface area contributed by atoms with Gasteiger partial charge in [0.2, 0.25) is 0 Å². The number of carbonyl (C=O) groups excluding carboxylic acids is 1. The summed E-state index contributed by atoms with van der Waals surface area (Å²) < 4.78 is 5.56. The van der Waals surface area contributed by atoms with E-state index in [0.717, 1.165) is 31.1 Å². The van der Waals surface area contributed by atoms with Crippen molar-refractivity contribution in [3.63, 3.8) is 0 Å². The number of rotatable bonds is 5. The molecular formula is C18H23N3O2S. The zero-order valence-corrected chi connectivity index (χ0v) is 14.7. The minimum Gasteiger partial charge on any atom is -0.381 e. The van der Waals surface area contributed by atoms with Gasteiger partial charge in [-0.15, -0.1) is 11.3 Å². The van der Waals surface area contributed by atoms with Crippen LogP contribution in [0.25, 0.3) is 0 Å². The van der Waals surface area contributed by atoms with Gasteiger partial charge in [-0.3, -0.25) is 4.79 Å². The fraction of sp³-hybridized carbons (Fsp3) is 0.444. The molecular weight excluding hydrogens is 322 g/mol. The third-order valence-electron chi connectivity index (χ3n) is 4.71. The van der Waals surface area contributed by atoms with Crippen molar-refractivity contribution in [3.05, 3.63) is 51.5 Å². The molecule has 1 amide bonds. The average Bonchev–Trinajstić information content (AvgIpc) is 3.10. The summed E-state index contributed by atoms with van der Waals surface area (Å²) in [5.41, 5.74) is 8.50. The van der Waals surface area contributed by atoms with Gasteiger partial charge in [0, 0.05) is 37.1 Å². The van der Waals surface area contributed by atoms with E-state index < -0.39 is 0 Å². The molecule has 0 spiro atoms. The van der Waals surface area contributed by atoms with Crippen LogP contribution in [0.1, 0.15) is 39.5 Å². The second-order valence-corrected chi connectivity index (χ2v) is 7.16. The molecule has 0 radical (unpaired) electrons. The minimum absolute atomic E-state index is 0.0774. The molecule has 1 aliphatic rings. The molecule has 3 N–H and O–H groups in total. The zero-order chi connectivity index (χ0) is 17.0. The van der Waals surface area contributed by atoms with Crippen LogP contribution >= 0.6 is 11.3 Å². The Bertz CT molecular complexity index is 708. The van der Waals surface area contributed by atoms with E-state index in [4.69, 9.17) is 10.5 Å². The summed E-state index contributed by atoms with van der Waals surface area (Å²) in [5, 5.41) is 5.62. The first-order valence-electron chi connectivity index (χ1n) is 8.21. The summed E-state index contributed by atoms with van der Waals surface area (Å²) in [5.74, 6) is -0.134. The fourth-order valence-corrected chi connectivity index (χ4v) is 3.98. The smallest absolute Gasteiger partial charge is 0.270 e. The lowest BCUT2D eigenvalue weighted by molar-refractivity contribution is 0.0485. The van der Waals surface area contributed by atoms with Crippen LogP contribution in [0.15, 0.2) is 29.6 Å². The van der Waals surface area contributed by atoms with E-state index in [1.807, 2.05) is 6.07 Å². The lowest BCUT2D eigenvalue weighted by Gasteiger charge is -2.38. The van der Waals surface area contributed by atoms with Crippen LogP contribution in [0.5, 0.6) is 0 Å². The summed E-state index contributed by atoms with van der Waals surface area (Å²) in [4.78, 5) is 16.7. The van der Waals surface area contributed by atoms with Crippen LogP contribution in [0.3, 0.4) is 0 Å². The van der Waals surface area contributed by atoms with Crippen LogP contribution in [0, 0.1) is 6.92 Å². The van der Waals surface area contributed by atoms with E-state index in [-0.39, 0.29) is 11.3 Å². The van der Waals surface area contributed by atoms with Crippen molar-refractivity contribution in [1.82, 2.24) is 10.3 Å². The number of ether oxygens (including phenoxy) is 1. The standard InChI is InChI=1S/C18H23N3O2S/c1-13-4-2-3-5-14(13)18(6-8-23-9-7-18)12-20-17(22)15-11-24-16(10-19)21-15/h2-5,11H,6-10,12,19H2,1H3,(H,20,22). The molecule has 6 heteroatoms. The van der Waals surface area contributed by atoms with Gasteiger partial charge in [0.25, 0.3) is 5.91 Å². The highest BCUT2D eigenvalue weighted by molar-refractivity contribution is 7.09. The number of carbonyl (C=O) groups is 1. The van der Waals surface area contributed by atoms with Gasteiger partial charge < -0.3 is 15.8 Å². The predicted octanol–water partition coefficient (Wildman–Crippen LogP) is 2.39. The third kappa shape index (κ3) is 3.50. The summed E-state index contributed by atoms with van der Waals surface area (Å²) in [6.07, 6.45) is 1.81. The molecule has 0 aliphatic carbocycles. The summed E-state index contributed by atoms with van der Waals surface area (Å²) >= 11 is 1.42. The van der Waals surface area contributed by atoms with Crippen molar-refractivity contribution < 1.29 is 9.53 Å². The summed E-state index contributed by atoms with van der Waals surface area (Å²) in [7, 11) is 0. The molecule has 1 fully saturated rings. The minimum atomic E-state index is -0.134. The first kappa shape index (κ1) is 17.1. The highest BCUT2D eigenvalue weighted by Gasteiger charge is 2.36. The van der Waals surface area contributed by atoms with Crippen molar-refractivity contribution in [1.29, 1.82) is 0 Å². The molecule has 0 saturated carbocycles. The number of nitrogens with zero attached hydrogens (tertiary/aromatic N) is 1. The van der Waals surface area contributed by atoms with Crippen LogP contribution in [-0.2, 0) is 16.7 Å². The third-order valence-corrected chi connectivity index (χ3v) is 5.58. The molecule has 2 heterocycles. The maximum absolute atomic E-state index is 12.4. The highest BCUT2D eigenvalue weighted by atomic mass is 32.1. The van der Waals surface area contributed by atoms with Crippen molar-refractivity contribution in [2.45, 2.75) is 31.7 Å². The van der Waals surface area contributed by atoms with Gasteiger partial charge in [0.05, 0.1) is 0 Å². The molecule has 2 aromatic rings. The monoisotopic (exact) mass is 345 g/mol. The highest BCUT2D eigenvalue weighted by Crippen LogP contribution is 2.36. The predicted molar refractivity (Wildman–Crippen MR) is 95.2 cm³/mol. The second-order valence-electron chi connectivity index (χ2n) is 6.22. The lowest BCUT2D eigenvalue weighted by atomic mass is 9.72. The molecule has 0 bridgehead atoms. The van der Waals surface area contributed by atoms with Crippen molar-refractivity contribution in [3.8, 4) is 0 Å². The van der Waals surface area contributed by atoms with Crippen molar-refractivity contribution in [2.24, 2.45) is 5.73 Å². The fourth-order valence-electron chi connectivity index (χ4n) is 3.32. The van der Waals surface area contributed by atoms with Gasteiger partial charge in [0.1, 0.15) is 10.7 Å². The van der Waals surface area contributed by atoms with Crippen molar-refractivity contribution in [2.75, 3.05) is 19.8 Å². The molecule has 24 heavy (non-hydrogen) atoms. The largest absolute Gasteiger partial charge is 0.381 e. The molecule has 1 aromatic heterocycles. The van der Waals surface area contributed by atoms with Gasteiger partial charge in [-0.1, -0.05) is 24.3 Å². The van der Waals surface area contributed by atoms with Gasteiger partial charge in [0.15, 0.2) is 0 Å². The van der Waals surface area contributed by atoms with E-state index in [1.54, 1.807) is 5.38 Å². The zero-order valence-electron chi connectivity index (χ0n) is 13.9. The number of aromatic nitrogens is 1. The molecule has 0 unspecified atom stereocenters. The maximum atomic E-state index is 12.4. The van der Waals surface area contributed by atoms with Crippen LogP contribution < -0.4 is 11.1 Å². The lowest BCUT2D eigenvalue weighted by Crippen LogP contribution is -2.45. The first-order chi connectivity index (χ1) is 11.6. The number of nitrogens with one attached hydrogen (secondary N) is 1. The van der Waals surface area contributed by atoms with E-state index in [0.29, 0.717) is 18.8 Å². The summed E-state index contributed by atoms with van der Waals surface area (Å²) in [6.45, 7) is 4.52. The Morgan fingerprint density at radius 1 is 1.38 bits per heavy atom. The van der Waals surface area contributed by atoms with E-state index in [9.17, 15) is 4.79 Å². The van der Waals surface area contributed by atoms with E-state index in [2.05, 4.69) is 35.4 Å². The van der Waals surface area contributed by atoms with Gasteiger partial charge in [-0.2, -0.15) is 0 Å².